The molecule has 2 aromatic rings. The van der Waals surface area contributed by atoms with Crippen LogP contribution in [0.3, 0.4) is 0 Å². The molecule has 0 radical (unpaired) electrons. The van der Waals surface area contributed by atoms with Gasteiger partial charge in [0.2, 0.25) is 5.95 Å². The van der Waals surface area contributed by atoms with E-state index in [4.69, 9.17) is 21.3 Å². The molecule has 0 atom stereocenters. The molecule has 0 unspecified atom stereocenters. The van der Waals surface area contributed by atoms with Gasteiger partial charge in [-0.3, -0.25) is 0 Å². The topological polar surface area (TPSA) is 95.4 Å². The first-order chi connectivity index (χ1) is 17.1. The monoisotopic (exact) mass is 500 g/mol. The van der Waals surface area contributed by atoms with Crippen molar-refractivity contribution in [3.8, 4) is 0 Å². The fourth-order valence-corrected chi connectivity index (χ4v) is 5.78. The first-order valence-corrected chi connectivity index (χ1v) is 13.5. The van der Waals surface area contributed by atoms with Crippen LogP contribution in [0.1, 0.15) is 62.8 Å². The van der Waals surface area contributed by atoms with Crippen molar-refractivity contribution in [1.29, 1.82) is 0 Å². The van der Waals surface area contributed by atoms with E-state index in [-0.39, 0.29) is 6.10 Å². The number of nitrogens with one attached hydrogen (secondary N) is 2. The summed E-state index contributed by atoms with van der Waals surface area (Å²) in [5, 5.41) is 17.3. The Kier molecular flexibility index (Phi) is 8.34. The van der Waals surface area contributed by atoms with Crippen molar-refractivity contribution in [2.45, 2.75) is 69.4 Å². The molecule has 1 saturated carbocycles. The largest absolute Gasteiger partial charge is 0.393 e. The van der Waals surface area contributed by atoms with Crippen LogP contribution in [0.4, 0.5) is 17.5 Å². The molecule has 5 rings (SSSR count). The van der Waals surface area contributed by atoms with Gasteiger partial charge in [-0.25, -0.2) is 9.97 Å². The molecule has 8 nitrogen and oxygen atoms in total. The summed E-state index contributed by atoms with van der Waals surface area (Å²) >= 11 is 6.05. The Balaban J connectivity index is 1.28. The van der Waals surface area contributed by atoms with Crippen molar-refractivity contribution in [3.05, 3.63) is 35.2 Å². The lowest BCUT2D eigenvalue weighted by Crippen LogP contribution is -2.38. The number of aliphatic hydroxyl groups excluding tert-OH is 1. The molecule has 190 valence electrons. The maximum absolute atomic E-state index is 9.93. The fraction of sp³-hybridized carbons (Fsp3) is 0.654. The Morgan fingerprint density at radius 1 is 1.03 bits per heavy atom. The van der Waals surface area contributed by atoms with Gasteiger partial charge in [-0.05, 0) is 88.4 Å². The van der Waals surface area contributed by atoms with Gasteiger partial charge in [-0.2, -0.15) is 4.98 Å². The number of hydrogen-bond donors (Lipinski definition) is 3. The lowest BCUT2D eigenvalue weighted by atomic mass is 9.88. The number of aromatic nitrogens is 3. The summed E-state index contributed by atoms with van der Waals surface area (Å²) in [4.78, 5) is 16.2. The van der Waals surface area contributed by atoms with Crippen LogP contribution >= 0.6 is 11.6 Å². The van der Waals surface area contributed by atoms with E-state index in [0.717, 1.165) is 82.3 Å². The van der Waals surface area contributed by atoms with Crippen molar-refractivity contribution in [3.63, 3.8) is 0 Å². The number of aliphatic hydroxyl groups is 1. The summed E-state index contributed by atoms with van der Waals surface area (Å²) < 4.78 is 5.53. The number of ether oxygens (including phenoxy) is 1. The molecule has 3 aliphatic rings. The molecule has 2 aromatic heterocycles. The lowest BCUT2D eigenvalue weighted by Gasteiger charge is -2.36. The zero-order chi connectivity index (χ0) is 24.0. The third kappa shape index (κ3) is 6.82. The summed E-state index contributed by atoms with van der Waals surface area (Å²) in [5.74, 6) is 2.69. The molecule has 0 aromatic carbocycles. The van der Waals surface area contributed by atoms with Crippen molar-refractivity contribution in [2.24, 2.45) is 5.92 Å². The normalized spacial score (nSPS) is 24.9. The highest BCUT2D eigenvalue weighted by atomic mass is 35.5. The number of rotatable bonds is 7. The van der Waals surface area contributed by atoms with E-state index in [9.17, 15) is 5.11 Å². The Morgan fingerprint density at radius 3 is 2.54 bits per heavy atom. The number of nitrogens with zero attached hydrogens (tertiary/aromatic N) is 4. The molecule has 1 aliphatic carbocycles. The van der Waals surface area contributed by atoms with E-state index in [2.05, 4.69) is 25.5 Å². The van der Waals surface area contributed by atoms with Crippen LogP contribution < -0.4 is 10.6 Å². The Hall–Kier alpha value is -2.00. The maximum Gasteiger partial charge on any atom is 0.229 e. The molecule has 2 saturated heterocycles. The van der Waals surface area contributed by atoms with Crippen LogP contribution in [-0.2, 0) is 4.74 Å². The van der Waals surface area contributed by atoms with Gasteiger partial charge in [0.25, 0.3) is 0 Å². The first-order valence-electron chi connectivity index (χ1n) is 13.1. The van der Waals surface area contributed by atoms with E-state index in [1.807, 2.05) is 12.3 Å². The third-order valence-electron chi connectivity index (χ3n) is 7.72. The van der Waals surface area contributed by atoms with Gasteiger partial charge in [-0.15, -0.1) is 0 Å². The van der Waals surface area contributed by atoms with E-state index in [1.54, 1.807) is 12.3 Å². The Morgan fingerprint density at radius 2 is 1.80 bits per heavy atom. The number of piperidine rings is 1. The van der Waals surface area contributed by atoms with Crippen molar-refractivity contribution < 1.29 is 9.84 Å². The highest BCUT2D eigenvalue weighted by Crippen LogP contribution is 2.34. The smallest absolute Gasteiger partial charge is 0.229 e. The van der Waals surface area contributed by atoms with Crippen LogP contribution in [0.5, 0.6) is 0 Å². The van der Waals surface area contributed by atoms with Crippen molar-refractivity contribution in [2.75, 3.05) is 43.5 Å². The van der Waals surface area contributed by atoms with Crippen molar-refractivity contribution >= 4 is 29.1 Å². The molecular weight excluding hydrogens is 464 g/mol. The van der Waals surface area contributed by atoms with Gasteiger partial charge >= 0.3 is 0 Å². The fourth-order valence-electron chi connectivity index (χ4n) is 5.61. The number of anilines is 3. The molecule has 35 heavy (non-hydrogen) atoms. The predicted molar refractivity (Wildman–Crippen MR) is 138 cm³/mol. The van der Waals surface area contributed by atoms with Gasteiger partial charge in [0.05, 0.1) is 6.10 Å². The lowest BCUT2D eigenvalue weighted by molar-refractivity contribution is 0.0488. The zero-order valence-electron chi connectivity index (χ0n) is 20.3. The summed E-state index contributed by atoms with van der Waals surface area (Å²) in [6.45, 7) is 5.26. The van der Waals surface area contributed by atoms with Gasteiger partial charge in [-0.1, -0.05) is 11.6 Å². The van der Waals surface area contributed by atoms with Crippen LogP contribution in [0, 0.1) is 5.92 Å². The predicted octanol–water partition coefficient (Wildman–Crippen LogP) is 4.59. The van der Waals surface area contributed by atoms with Crippen LogP contribution in [0.15, 0.2) is 24.5 Å². The molecule has 0 bridgehead atoms. The number of pyridine rings is 1. The number of likely N-dealkylation sites (tertiary alicyclic amines) is 1. The van der Waals surface area contributed by atoms with Gasteiger partial charge in [0, 0.05) is 49.4 Å². The zero-order valence-corrected chi connectivity index (χ0v) is 21.1. The molecule has 0 amide bonds. The van der Waals surface area contributed by atoms with E-state index >= 15 is 0 Å². The van der Waals surface area contributed by atoms with Crippen molar-refractivity contribution in [1.82, 2.24) is 19.9 Å². The second-order valence-corrected chi connectivity index (χ2v) is 10.7. The summed E-state index contributed by atoms with van der Waals surface area (Å²) in [6, 6.07) is 3.94. The second-order valence-electron chi connectivity index (χ2n) is 10.3. The molecular formula is C26H37ClN6O2. The second kappa shape index (κ2) is 11.8. The van der Waals surface area contributed by atoms with E-state index in [1.165, 1.54) is 24.9 Å². The molecule has 4 heterocycles. The number of halogens is 1. The summed E-state index contributed by atoms with van der Waals surface area (Å²) in [7, 11) is 0. The van der Waals surface area contributed by atoms with E-state index < -0.39 is 0 Å². The molecule has 2 aliphatic heterocycles. The third-order valence-corrected chi connectivity index (χ3v) is 7.93. The summed E-state index contributed by atoms with van der Waals surface area (Å²) in [6.07, 6.45) is 11.7. The highest BCUT2D eigenvalue weighted by molar-refractivity contribution is 6.29. The minimum absolute atomic E-state index is 0.174. The molecule has 3 N–H and O–H groups in total. The quantitative estimate of drug-likeness (QED) is 0.475. The summed E-state index contributed by atoms with van der Waals surface area (Å²) in [5.41, 5.74) is 2.02. The maximum atomic E-state index is 9.93. The minimum atomic E-state index is -0.174. The van der Waals surface area contributed by atoms with Crippen LogP contribution in [-0.4, -0.2) is 70.0 Å². The molecule has 0 spiro atoms. The van der Waals surface area contributed by atoms with Crippen LogP contribution in [0.25, 0.3) is 0 Å². The SMILES string of the molecule is OC1CCC(Nc2nc(Nc3ccnc(Cl)c3)ncc2C2CCN(CC3CCOCC3)CC2)CC1. The Bertz CT molecular complexity index is 957. The van der Waals surface area contributed by atoms with E-state index in [0.29, 0.717) is 23.1 Å². The van der Waals surface area contributed by atoms with Gasteiger partial charge in [0.15, 0.2) is 0 Å². The average Bonchev–Trinajstić information content (AvgIpc) is 2.87. The average molecular weight is 501 g/mol. The standard InChI is InChI=1S/C26H37ClN6O2/c27-24-15-21(5-10-28-24)31-26-29-16-23(25(32-26)30-20-1-3-22(34)4-2-20)19-6-11-33(12-7-19)17-18-8-13-35-14-9-18/h5,10,15-16,18-20,22,34H,1-4,6-9,11-14,17H2,(H2,28,29,30,31,32). The highest BCUT2D eigenvalue weighted by Gasteiger charge is 2.28. The van der Waals surface area contributed by atoms with Gasteiger partial charge in [0.1, 0.15) is 11.0 Å². The minimum Gasteiger partial charge on any atom is -0.393 e. The molecule has 9 heteroatoms. The van der Waals surface area contributed by atoms with Crippen LogP contribution in [0.2, 0.25) is 5.15 Å². The first kappa shape index (κ1) is 24.7. The molecule has 3 fully saturated rings. The van der Waals surface area contributed by atoms with Gasteiger partial charge < -0.3 is 25.4 Å². The Labute approximate surface area is 212 Å². The number of hydrogen-bond acceptors (Lipinski definition) is 8.